The molecule has 0 bridgehead atoms. The number of tetrazole rings is 1. The van der Waals surface area contributed by atoms with Gasteiger partial charge in [0.15, 0.2) is 5.82 Å². The monoisotopic (exact) mass is 784 g/mol. The van der Waals surface area contributed by atoms with Crippen molar-refractivity contribution in [1.29, 1.82) is 0 Å². The van der Waals surface area contributed by atoms with Crippen molar-refractivity contribution in [2.24, 2.45) is 0 Å². The van der Waals surface area contributed by atoms with Crippen molar-refractivity contribution in [1.82, 2.24) is 24.5 Å². The van der Waals surface area contributed by atoms with E-state index in [9.17, 15) is 0 Å². The third-order valence-electron chi connectivity index (χ3n) is 9.73. The summed E-state index contributed by atoms with van der Waals surface area (Å²) < 4.78 is 95.4. The molecule has 290 valence electrons. The largest absolute Gasteiger partial charge is 0.497 e. The van der Waals surface area contributed by atoms with Crippen LogP contribution in [0.4, 0.5) is 18.9 Å². The van der Waals surface area contributed by atoms with Gasteiger partial charge in [-0.05, 0) is 105 Å². The minimum absolute atomic E-state index is 0.0252. The highest BCUT2D eigenvalue weighted by Crippen LogP contribution is 2.47. The number of aromatic nitrogens is 4. The predicted octanol–water partition coefficient (Wildman–Crippen LogP) is 7.85. The van der Waals surface area contributed by atoms with Gasteiger partial charge in [-0.2, -0.15) is 17.5 Å². The highest BCUT2D eigenvalue weighted by Gasteiger charge is 2.43. The van der Waals surface area contributed by atoms with E-state index >= 15 is 21.6 Å². The van der Waals surface area contributed by atoms with Crippen LogP contribution in [0, 0.1) is 0 Å². The van der Waals surface area contributed by atoms with Gasteiger partial charge >= 0.3 is 6.18 Å². The zero-order valence-electron chi connectivity index (χ0n) is 30.9. The van der Waals surface area contributed by atoms with E-state index in [4.69, 9.17) is 14.2 Å². The molecule has 15 heteroatoms. The minimum Gasteiger partial charge on any atom is -0.497 e. The molecule has 0 saturated heterocycles. The van der Waals surface area contributed by atoms with E-state index in [1.54, 1.807) is 84.9 Å². The fourth-order valence-electron chi connectivity index (χ4n) is 6.90. The van der Waals surface area contributed by atoms with Crippen LogP contribution in [0.5, 0.6) is 17.2 Å². The van der Waals surface area contributed by atoms with Gasteiger partial charge in [-0.3, -0.25) is 0 Å². The Hall–Kier alpha value is -5.93. The molecule has 1 aromatic heterocycles. The van der Waals surface area contributed by atoms with Gasteiger partial charge in [0.05, 0.1) is 33.4 Å². The Labute approximate surface area is 322 Å². The van der Waals surface area contributed by atoms with Crippen LogP contribution in [-0.2, 0) is 42.3 Å². The van der Waals surface area contributed by atoms with Crippen molar-refractivity contribution in [3.8, 4) is 39.8 Å². The molecule has 6 aromatic rings. The third kappa shape index (κ3) is 7.91. The molecule has 5 aromatic carbocycles. The van der Waals surface area contributed by atoms with E-state index < -0.39 is 26.7 Å². The van der Waals surface area contributed by atoms with Crippen LogP contribution in [0.2, 0.25) is 0 Å². The number of nitrogens with zero attached hydrogens (tertiary/aromatic N) is 5. The molecule has 1 aliphatic heterocycles. The highest BCUT2D eigenvalue weighted by atomic mass is 32.2. The van der Waals surface area contributed by atoms with Crippen LogP contribution in [-0.4, -0.2) is 60.8 Å². The number of alkyl halides is 3. The molecule has 1 N–H and O–H groups in total. The molecule has 0 unspecified atom stereocenters. The minimum atomic E-state index is -5.09. The SMILES string of the molecule is COc1ccc(CN(Cc2ccc(OC)cc2)S(=O)(=O)c2c(C(F)(F)F)ccc(-c3cccc4c3CCCN4)c2-c2nnnn2Cc2ccc(OC)cc2)cc1. The van der Waals surface area contributed by atoms with Crippen molar-refractivity contribution in [3.05, 3.63) is 131 Å². The first kappa shape index (κ1) is 38.3. The molecule has 56 heavy (non-hydrogen) atoms. The van der Waals surface area contributed by atoms with Crippen LogP contribution < -0.4 is 19.5 Å². The molecule has 0 spiro atoms. The maximum Gasteiger partial charge on any atom is 0.417 e. The summed E-state index contributed by atoms with van der Waals surface area (Å²) in [5.74, 6) is 1.54. The molecule has 0 fully saturated rings. The summed E-state index contributed by atoms with van der Waals surface area (Å²) in [6.45, 7) is 0.223. The van der Waals surface area contributed by atoms with E-state index in [-0.39, 0.29) is 36.6 Å². The van der Waals surface area contributed by atoms with Gasteiger partial charge in [-0.1, -0.05) is 54.6 Å². The lowest BCUT2D eigenvalue weighted by atomic mass is 9.89. The van der Waals surface area contributed by atoms with E-state index in [1.165, 1.54) is 32.1 Å². The Bertz CT molecular complexity index is 2370. The lowest BCUT2D eigenvalue weighted by molar-refractivity contribution is -0.139. The number of sulfonamides is 1. The van der Waals surface area contributed by atoms with Crippen molar-refractivity contribution in [2.45, 2.75) is 43.5 Å². The summed E-state index contributed by atoms with van der Waals surface area (Å²) in [5, 5.41) is 15.7. The number of hydrogen-bond donors (Lipinski definition) is 1. The van der Waals surface area contributed by atoms with E-state index in [0.717, 1.165) is 34.6 Å². The molecular weight excluding hydrogens is 746 g/mol. The van der Waals surface area contributed by atoms with Crippen LogP contribution in [0.15, 0.2) is 108 Å². The molecule has 2 heterocycles. The van der Waals surface area contributed by atoms with Gasteiger partial charge in [0.2, 0.25) is 10.0 Å². The first-order valence-electron chi connectivity index (χ1n) is 17.8. The van der Waals surface area contributed by atoms with E-state index in [2.05, 4.69) is 20.8 Å². The second-order valence-electron chi connectivity index (χ2n) is 13.2. The number of rotatable bonds is 13. The number of anilines is 1. The first-order valence-corrected chi connectivity index (χ1v) is 19.2. The summed E-state index contributed by atoms with van der Waals surface area (Å²) in [7, 11) is -0.493. The van der Waals surface area contributed by atoms with Crippen LogP contribution in [0.25, 0.3) is 22.5 Å². The average Bonchev–Trinajstić information content (AvgIpc) is 3.67. The fraction of sp³-hybridized carbons (Fsp3) is 0.244. The fourth-order valence-corrected chi connectivity index (χ4v) is 8.72. The normalized spacial score (nSPS) is 12.9. The maximum atomic E-state index is 15.5. The summed E-state index contributed by atoms with van der Waals surface area (Å²) in [5.41, 5.74) is 2.66. The molecule has 0 radical (unpaired) electrons. The summed E-state index contributed by atoms with van der Waals surface area (Å²) >= 11 is 0. The van der Waals surface area contributed by atoms with Gasteiger partial charge in [0.25, 0.3) is 0 Å². The molecule has 7 rings (SSSR count). The third-order valence-corrected chi connectivity index (χ3v) is 11.6. The molecule has 0 aliphatic carbocycles. The topological polar surface area (TPSA) is 121 Å². The van der Waals surface area contributed by atoms with Crippen LogP contribution in [0.1, 0.15) is 34.2 Å². The van der Waals surface area contributed by atoms with Crippen LogP contribution >= 0.6 is 0 Å². The number of benzene rings is 5. The van der Waals surface area contributed by atoms with E-state index in [0.29, 0.717) is 45.9 Å². The highest BCUT2D eigenvalue weighted by molar-refractivity contribution is 7.89. The Morgan fingerprint density at radius 2 is 1.32 bits per heavy atom. The second-order valence-corrected chi connectivity index (χ2v) is 15.1. The Balaban J connectivity index is 1.49. The Kier molecular flexibility index (Phi) is 11.0. The lowest BCUT2D eigenvalue weighted by Gasteiger charge is -2.28. The van der Waals surface area contributed by atoms with Crippen molar-refractivity contribution in [2.75, 3.05) is 33.2 Å². The van der Waals surface area contributed by atoms with Gasteiger partial charge in [0.1, 0.15) is 22.1 Å². The number of hydrogen-bond acceptors (Lipinski definition) is 9. The second kappa shape index (κ2) is 16.0. The molecule has 0 atom stereocenters. The maximum absolute atomic E-state index is 15.5. The Morgan fingerprint density at radius 1 is 0.750 bits per heavy atom. The zero-order valence-corrected chi connectivity index (χ0v) is 31.7. The average molecular weight is 785 g/mol. The summed E-state index contributed by atoms with van der Waals surface area (Å²) in [4.78, 5) is -0.948. The Morgan fingerprint density at radius 3 is 1.88 bits per heavy atom. The molecule has 11 nitrogen and oxygen atoms in total. The summed E-state index contributed by atoms with van der Waals surface area (Å²) in [6.07, 6.45) is -3.69. The van der Waals surface area contributed by atoms with Crippen molar-refractivity contribution < 1.29 is 35.8 Å². The standard InChI is InChI=1S/C41H39F3N6O5S/c1-53-30-15-9-27(10-16-30)24-49(25-28-11-17-31(54-2)18-12-28)56(51,52)39-36(41(42,43)44)22-21-35(33-6-4-8-37-34(33)7-5-23-45-37)38(39)40-46-47-48-50(40)26-29-13-19-32(55-3)20-14-29/h4,6,8-22,45H,5,7,23-26H2,1-3H3. The van der Waals surface area contributed by atoms with Gasteiger partial charge in [-0.25, -0.2) is 13.1 Å². The lowest BCUT2D eigenvalue weighted by Crippen LogP contribution is -2.32. The van der Waals surface area contributed by atoms with Crippen molar-refractivity contribution in [3.63, 3.8) is 0 Å². The molecule has 0 amide bonds. The number of halogens is 3. The number of ether oxygens (including phenoxy) is 3. The van der Waals surface area contributed by atoms with Gasteiger partial charge in [0, 0.05) is 30.9 Å². The number of methoxy groups -OCH3 is 3. The van der Waals surface area contributed by atoms with Gasteiger partial charge in [-0.15, -0.1) is 5.10 Å². The molecule has 1 aliphatic rings. The quantitative estimate of drug-likeness (QED) is 0.125. The molecular formula is C41H39F3N6O5S. The smallest absolute Gasteiger partial charge is 0.417 e. The predicted molar refractivity (Wildman–Crippen MR) is 205 cm³/mol. The first-order chi connectivity index (χ1) is 27.0. The van der Waals surface area contributed by atoms with Crippen LogP contribution in [0.3, 0.4) is 0 Å². The number of fused-ring (bicyclic) bond motifs is 1. The van der Waals surface area contributed by atoms with Crippen molar-refractivity contribution >= 4 is 15.7 Å². The summed E-state index contributed by atoms with van der Waals surface area (Å²) in [6, 6.07) is 28.1. The molecule has 0 saturated carbocycles. The van der Waals surface area contributed by atoms with Gasteiger partial charge < -0.3 is 19.5 Å². The zero-order chi connectivity index (χ0) is 39.5. The van der Waals surface area contributed by atoms with E-state index in [1.807, 2.05) is 6.07 Å². The number of nitrogens with one attached hydrogen (secondary N) is 1.